The molecule has 138 valence electrons. The maximum absolute atomic E-state index is 10.8. The molecule has 0 saturated heterocycles. The van der Waals surface area contributed by atoms with Gasteiger partial charge in [0.2, 0.25) is 0 Å². The van der Waals surface area contributed by atoms with E-state index >= 15 is 0 Å². The van der Waals surface area contributed by atoms with Crippen LogP contribution in [-0.2, 0) is 6.54 Å². The lowest BCUT2D eigenvalue weighted by Gasteiger charge is -2.05. The van der Waals surface area contributed by atoms with Gasteiger partial charge in [-0.05, 0) is 18.2 Å². The maximum atomic E-state index is 10.8. The topological polar surface area (TPSA) is 85.9 Å². The van der Waals surface area contributed by atoms with Crippen LogP contribution in [-0.4, -0.2) is 19.7 Å². The summed E-state index contributed by atoms with van der Waals surface area (Å²) in [6, 6.07) is 22.9. The average molecular weight is 371 g/mol. The Morgan fingerprint density at radius 3 is 2.32 bits per heavy atom. The van der Waals surface area contributed by atoms with Crippen molar-refractivity contribution in [1.82, 2.24) is 14.8 Å². The molecule has 0 saturated carbocycles. The van der Waals surface area contributed by atoms with Crippen molar-refractivity contribution in [3.63, 3.8) is 0 Å². The van der Waals surface area contributed by atoms with Crippen molar-refractivity contribution in [1.29, 1.82) is 0 Å². The van der Waals surface area contributed by atoms with Crippen LogP contribution in [0.25, 0.3) is 16.9 Å². The van der Waals surface area contributed by atoms with Crippen LogP contribution in [0.2, 0.25) is 0 Å². The van der Waals surface area contributed by atoms with Gasteiger partial charge in [-0.1, -0.05) is 48.5 Å². The van der Waals surface area contributed by atoms with Gasteiger partial charge < -0.3 is 5.32 Å². The molecular weight excluding hydrogens is 354 g/mol. The summed E-state index contributed by atoms with van der Waals surface area (Å²) in [7, 11) is 0. The highest BCUT2D eigenvalue weighted by Crippen LogP contribution is 2.24. The number of rotatable bonds is 6. The third-order valence-corrected chi connectivity index (χ3v) is 4.28. The molecule has 2 aromatic carbocycles. The Hall–Kier alpha value is -4.00. The van der Waals surface area contributed by atoms with Crippen LogP contribution in [0.15, 0.2) is 85.2 Å². The monoisotopic (exact) mass is 371 g/mol. The van der Waals surface area contributed by atoms with E-state index in [1.165, 1.54) is 12.3 Å². The second-order valence-corrected chi connectivity index (χ2v) is 6.16. The van der Waals surface area contributed by atoms with Crippen molar-refractivity contribution in [2.75, 3.05) is 5.32 Å². The van der Waals surface area contributed by atoms with E-state index in [0.717, 1.165) is 22.5 Å². The van der Waals surface area contributed by atoms with E-state index in [1.807, 2.05) is 71.5 Å². The average Bonchev–Trinajstić information content (AvgIpc) is 3.18. The summed E-state index contributed by atoms with van der Waals surface area (Å²) in [5, 5.41) is 18.7. The minimum atomic E-state index is -0.464. The maximum Gasteiger partial charge on any atom is 0.287 e. The summed E-state index contributed by atoms with van der Waals surface area (Å²) in [5.74, 6) is 0.567. The molecule has 2 aromatic heterocycles. The van der Waals surface area contributed by atoms with Gasteiger partial charge in [0, 0.05) is 29.9 Å². The third-order valence-electron chi connectivity index (χ3n) is 4.28. The number of benzene rings is 2. The van der Waals surface area contributed by atoms with Gasteiger partial charge in [0.1, 0.15) is 12.0 Å². The number of nitro groups is 1. The lowest BCUT2D eigenvalue weighted by atomic mass is 10.1. The molecular formula is C21H17N5O2. The van der Waals surface area contributed by atoms with Crippen molar-refractivity contribution in [3.8, 4) is 16.9 Å². The highest BCUT2D eigenvalue weighted by atomic mass is 16.6. The van der Waals surface area contributed by atoms with Crippen LogP contribution in [0.1, 0.15) is 5.56 Å². The molecule has 0 aliphatic carbocycles. The molecule has 28 heavy (non-hydrogen) atoms. The second kappa shape index (κ2) is 7.71. The Balaban J connectivity index is 1.63. The molecule has 7 nitrogen and oxygen atoms in total. The molecule has 0 fully saturated rings. The molecule has 7 heteroatoms. The van der Waals surface area contributed by atoms with Gasteiger partial charge in [-0.2, -0.15) is 5.10 Å². The summed E-state index contributed by atoms with van der Waals surface area (Å²) in [5.41, 5.74) is 3.83. The first kappa shape index (κ1) is 17.4. The lowest BCUT2D eigenvalue weighted by molar-refractivity contribution is -0.385. The number of hydrogen-bond acceptors (Lipinski definition) is 5. The summed E-state index contributed by atoms with van der Waals surface area (Å²) in [6.45, 7) is 0.488. The Kier molecular flexibility index (Phi) is 4.79. The fraction of sp³-hybridized carbons (Fsp3) is 0.0476. The van der Waals surface area contributed by atoms with Crippen LogP contribution < -0.4 is 5.32 Å². The number of nitrogens with zero attached hydrogens (tertiary/aromatic N) is 4. The van der Waals surface area contributed by atoms with Gasteiger partial charge in [0.25, 0.3) is 5.69 Å². The highest BCUT2D eigenvalue weighted by molar-refractivity contribution is 5.63. The predicted octanol–water partition coefficient (Wildman–Crippen LogP) is 4.45. The first-order chi connectivity index (χ1) is 13.7. The minimum Gasteiger partial charge on any atom is -0.366 e. The SMILES string of the molecule is O=[N+]([O-])c1ccc(NCc2cn(-c3ccccc3)nc2-c2ccccc2)nc1. The highest BCUT2D eigenvalue weighted by Gasteiger charge is 2.13. The van der Waals surface area contributed by atoms with Crippen molar-refractivity contribution in [2.45, 2.75) is 6.54 Å². The second-order valence-electron chi connectivity index (χ2n) is 6.16. The number of para-hydroxylation sites is 1. The van der Waals surface area contributed by atoms with Gasteiger partial charge >= 0.3 is 0 Å². The Morgan fingerprint density at radius 1 is 0.964 bits per heavy atom. The van der Waals surface area contributed by atoms with Crippen LogP contribution >= 0.6 is 0 Å². The van der Waals surface area contributed by atoms with Crippen LogP contribution in [0.5, 0.6) is 0 Å². The lowest BCUT2D eigenvalue weighted by Crippen LogP contribution is -2.02. The normalized spacial score (nSPS) is 10.6. The molecule has 0 unspecified atom stereocenters. The molecule has 0 spiro atoms. The van der Waals surface area contributed by atoms with E-state index < -0.39 is 4.92 Å². The fourth-order valence-corrected chi connectivity index (χ4v) is 2.88. The van der Waals surface area contributed by atoms with Gasteiger partial charge in [0.05, 0.1) is 16.3 Å². The Morgan fingerprint density at radius 2 is 1.68 bits per heavy atom. The van der Waals surface area contributed by atoms with Crippen LogP contribution in [0, 0.1) is 10.1 Å². The number of nitrogens with one attached hydrogen (secondary N) is 1. The first-order valence-electron chi connectivity index (χ1n) is 8.74. The minimum absolute atomic E-state index is 0.0348. The number of aromatic nitrogens is 3. The van der Waals surface area contributed by atoms with Crippen molar-refractivity contribution in [2.24, 2.45) is 0 Å². The molecule has 0 bridgehead atoms. The molecule has 1 N–H and O–H groups in total. The predicted molar refractivity (Wildman–Crippen MR) is 107 cm³/mol. The van der Waals surface area contributed by atoms with E-state index in [9.17, 15) is 10.1 Å². The van der Waals surface area contributed by atoms with Gasteiger partial charge in [-0.15, -0.1) is 0 Å². The van der Waals surface area contributed by atoms with Crippen molar-refractivity contribution < 1.29 is 4.92 Å². The van der Waals surface area contributed by atoms with E-state index in [-0.39, 0.29) is 5.69 Å². The molecule has 4 aromatic rings. The van der Waals surface area contributed by atoms with Crippen molar-refractivity contribution in [3.05, 3.63) is 101 Å². The molecule has 0 amide bonds. The quantitative estimate of drug-likeness (QED) is 0.400. The summed E-state index contributed by atoms with van der Waals surface area (Å²) < 4.78 is 1.85. The van der Waals surface area contributed by atoms with E-state index in [0.29, 0.717) is 12.4 Å². The molecule has 0 radical (unpaired) electrons. The largest absolute Gasteiger partial charge is 0.366 e. The van der Waals surface area contributed by atoms with Gasteiger partial charge in [-0.3, -0.25) is 10.1 Å². The molecule has 4 rings (SSSR count). The number of pyridine rings is 1. The zero-order valence-corrected chi connectivity index (χ0v) is 14.9. The van der Waals surface area contributed by atoms with Crippen LogP contribution in [0.3, 0.4) is 0 Å². The zero-order chi connectivity index (χ0) is 19.3. The van der Waals surface area contributed by atoms with E-state index in [1.54, 1.807) is 6.07 Å². The number of anilines is 1. The molecule has 0 aliphatic heterocycles. The molecule has 0 atom stereocenters. The summed E-state index contributed by atoms with van der Waals surface area (Å²) >= 11 is 0. The van der Waals surface area contributed by atoms with E-state index in [2.05, 4.69) is 10.3 Å². The van der Waals surface area contributed by atoms with Crippen LogP contribution in [0.4, 0.5) is 11.5 Å². The standard InChI is InChI=1S/C21H17N5O2/c27-26(28)19-11-12-20(23-14-19)22-13-17-15-25(18-9-5-2-6-10-18)24-21(17)16-7-3-1-4-8-16/h1-12,14-15H,13H2,(H,22,23). The Bertz CT molecular complexity index is 1080. The number of hydrogen-bond donors (Lipinski definition) is 1. The smallest absolute Gasteiger partial charge is 0.287 e. The summed E-state index contributed by atoms with van der Waals surface area (Å²) in [6.07, 6.45) is 3.23. The van der Waals surface area contributed by atoms with E-state index in [4.69, 9.17) is 5.10 Å². The first-order valence-corrected chi connectivity index (χ1v) is 8.74. The molecule has 0 aliphatic rings. The fourth-order valence-electron chi connectivity index (χ4n) is 2.88. The summed E-state index contributed by atoms with van der Waals surface area (Å²) in [4.78, 5) is 14.4. The molecule has 2 heterocycles. The zero-order valence-electron chi connectivity index (χ0n) is 14.9. The van der Waals surface area contributed by atoms with Gasteiger partial charge in [0.15, 0.2) is 0 Å². The van der Waals surface area contributed by atoms with Crippen molar-refractivity contribution >= 4 is 11.5 Å². The third kappa shape index (κ3) is 3.73. The van der Waals surface area contributed by atoms with Gasteiger partial charge in [-0.25, -0.2) is 9.67 Å². The Labute approximate surface area is 161 Å².